The zero-order valence-corrected chi connectivity index (χ0v) is 10.7. The predicted octanol–water partition coefficient (Wildman–Crippen LogP) is 3.53. The maximum absolute atomic E-state index is 12.0. The molecular weight excluding hydrogens is 248 g/mol. The molecule has 2 aromatic carbocycles. The molecule has 0 aliphatic rings. The first-order chi connectivity index (χ1) is 9.84. The Bertz CT molecular complexity index is 774. The molecule has 0 amide bonds. The molecule has 96 valence electrons. The zero-order chi connectivity index (χ0) is 13.8. The van der Waals surface area contributed by atoms with Gasteiger partial charge >= 0.3 is 0 Å². The molecule has 0 bridgehead atoms. The first-order valence-electron chi connectivity index (χ1n) is 6.32. The van der Waals surface area contributed by atoms with E-state index in [2.05, 4.69) is 9.97 Å². The quantitative estimate of drug-likeness (QED) is 0.534. The average Bonchev–Trinajstić information content (AvgIpc) is 2.53. The van der Waals surface area contributed by atoms with Crippen LogP contribution >= 0.6 is 0 Å². The monoisotopic (exact) mass is 260 g/mol. The molecule has 1 aromatic heterocycles. The third kappa shape index (κ3) is 2.47. The fourth-order valence-electron chi connectivity index (χ4n) is 2.01. The average molecular weight is 260 g/mol. The van der Waals surface area contributed by atoms with Gasteiger partial charge in [-0.05, 0) is 18.2 Å². The van der Waals surface area contributed by atoms with E-state index >= 15 is 0 Å². The van der Waals surface area contributed by atoms with E-state index in [1.165, 1.54) is 0 Å². The molecule has 0 saturated carbocycles. The molecule has 0 unspecified atom stereocenters. The van der Waals surface area contributed by atoms with E-state index in [0.717, 1.165) is 16.6 Å². The number of aromatic nitrogens is 2. The van der Waals surface area contributed by atoms with Crippen LogP contribution in [0.1, 0.15) is 15.9 Å². The molecule has 0 spiro atoms. The number of hydrogen-bond donors (Lipinski definition) is 0. The van der Waals surface area contributed by atoms with E-state index < -0.39 is 0 Å². The second kappa shape index (κ2) is 5.45. The van der Waals surface area contributed by atoms with Gasteiger partial charge in [-0.1, -0.05) is 42.5 Å². The highest BCUT2D eigenvalue weighted by molar-refractivity contribution is 6.07. The number of nitrogens with zero attached hydrogens (tertiary/aromatic N) is 2. The van der Waals surface area contributed by atoms with E-state index in [-0.39, 0.29) is 5.78 Å². The van der Waals surface area contributed by atoms with Crippen molar-refractivity contribution >= 4 is 22.9 Å². The molecule has 1 heterocycles. The molecule has 0 fully saturated rings. The van der Waals surface area contributed by atoms with Gasteiger partial charge in [0.2, 0.25) is 0 Å². The summed E-state index contributed by atoms with van der Waals surface area (Å²) >= 11 is 0. The topological polar surface area (TPSA) is 42.9 Å². The Hall–Kier alpha value is -2.81. The molecular formula is C17H12N2O. The van der Waals surface area contributed by atoms with Crippen molar-refractivity contribution in [3.8, 4) is 0 Å². The second-order valence-corrected chi connectivity index (χ2v) is 4.33. The Morgan fingerprint density at radius 2 is 1.70 bits per heavy atom. The molecule has 0 aliphatic heterocycles. The Balaban J connectivity index is 1.94. The number of fused-ring (bicyclic) bond motifs is 1. The van der Waals surface area contributed by atoms with Crippen LogP contribution in [0.5, 0.6) is 0 Å². The summed E-state index contributed by atoms with van der Waals surface area (Å²) in [5.74, 6) is -0.0218. The van der Waals surface area contributed by atoms with Crippen molar-refractivity contribution in [3.63, 3.8) is 0 Å². The van der Waals surface area contributed by atoms with Crippen LogP contribution in [-0.4, -0.2) is 15.8 Å². The van der Waals surface area contributed by atoms with Crippen LogP contribution < -0.4 is 0 Å². The van der Waals surface area contributed by atoms with Crippen LogP contribution in [0, 0.1) is 0 Å². The number of para-hydroxylation sites is 1. The maximum atomic E-state index is 12.0. The van der Waals surface area contributed by atoms with Crippen molar-refractivity contribution in [1.29, 1.82) is 0 Å². The van der Waals surface area contributed by atoms with Crippen LogP contribution in [-0.2, 0) is 0 Å². The van der Waals surface area contributed by atoms with E-state index in [0.29, 0.717) is 5.56 Å². The van der Waals surface area contributed by atoms with Gasteiger partial charge in [0.25, 0.3) is 0 Å². The SMILES string of the molecule is O=C(/C=C/c1cccc2nccnc12)c1ccccc1. The van der Waals surface area contributed by atoms with Crippen molar-refractivity contribution in [2.45, 2.75) is 0 Å². The van der Waals surface area contributed by atoms with Gasteiger partial charge in [-0.25, -0.2) is 0 Å². The fraction of sp³-hybridized carbons (Fsp3) is 0. The van der Waals surface area contributed by atoms with Crippen LogP contribution in [0.25, 0.3) is 17.1 Å². The molecule has 3 heteroatoms. The van der Waals surface area contributed by atoms with Crippen LogP contribution in [0.4, 0.5) is 0 Å². The Morgan fingerprint density at radius 3 is 2.55 bits per heavy atom. The zero-order valence-electron chi connectivity index (χ0n) is 10.7. The molecule has 0 saturated heterocycles. The minimum atomic E-state index is -0.0218. The summed E-state index contributed by atoms with van der Waals surface area (Å²) in [7, 11) is 0. The highest BCUT2D eigenvalue weighted by Crippen LogP contribution is 2.15. The molecule has 0 aliphatic carbocycles. The summed E-state index contributed by atoms with van der Waals surface area (Å²) < 4.78 is 0. The standard InChI is InChI=1S/C17H12N2O/c20-16(13-5-2-1-3-6-13)10-9-14-7-4-8-15-17(14)19-12-11-18-15/h1-12H/b10-9+. The third-order valence-electron chi connectivity index (χ3n) is 3.00. The lowest BCUT2D eigenvalue weighted by Crippen LogP contribution is -1.93. The number of benzene rings is 2. The lowest BCUT2D eigenvalue weighted by atomic mass is 10.1. The van der Waals surface area contributed by atoms with Crippen molar-refractivity contribution in [2.75, 3.05) is 0 Å². The van der Waals surface area contributed by atoms with Crippen molar-refractivity contribution in [1.82, 2.24) is 9.97 Å². The minimum absolute atomic E-state index is 0.0218. The minimum Gasteiger partial charge on any atom is -0.289 e. The van der Waals surface area contributed by atoms with E-state index in [4.69, 9.17) is 0 Å². The van der Waals surface area contributed by atoms with Gasteiger partial charge in [0.15, 0.2) is 5.78 Å². The highest BCUT2D eigenvalue weighted by atomic mass is 16.1. The summed E-state index contributed by atoms with van der Waals surface area (Å²) in [6.45, 7) is 0. The van der Waals surface area contributed by atoms with Crippen LogP contribution in [0.2, 0.25) is 0 Å². The Kier molecular flexibility index (Phi) is 3.33. The lowest BCUT2D eigenvalue weighted by molar-refractivity contribution is 0.104. The van der Waals surface area contributed by atoms with E-state index in [1.807, 2.05) is 36.4 Å². The van der Waals surface area contributed by atoms with Crippen molar-refractivity contribution < 1.29 is 4.79 Å². The van der Waals surface area contributed by atoms with Gasteiger partial charge in [0, 0.05) is 23.5 Å². The first-order valence-corrected chi connectivity index (χ1v) is 6.32. The summed E-state index contributed by atoms with van der Waals surface area (Å²) in [4.78, 5) is 20.6. The smallest absolute Gasteiger partial charge is 0.185 e. The summed E-state index contributed by atoms with van der Waals surface area (Å²) in [6, 6.07) is 14.9. The predicted molar refractivity (Wildman–Crippen MR) is 79.3 cm³/mol. The molecule has 3 aromatic rings. The number of allylic oxidation sites excluding steroid dienone is 1. The first kappa shape index (κ1) is 12.2. The molecule has 0 atom stereocenters. The second-order valence-electron chi connectivity index (χ2n) is 4.33. The van der Waals surface area contributed by atoms with Crippen LogP contribution in [0.3, 0.4) is 0 Å². The van der Waals surface area contributed by atoms with Gasteiger partial charge in [0.1, 0.15) is 0 Å². The number of rotatable bonds is 3. The van der Waals surface area contributed by atoms with Gasteiger partial charge in [-0.2, -0.15) is 0 Å². The van der Waals surface area contributed by atoms with Crippen molar-refractivity contribution in [2.24, 2.45) is 0 Å². The summed E-state index contributed by atoms with van der Waals surface area (Å²) in [5, 5.41) is 0. The van der Waals surface area contributed by atoms with Gasteiger partial charge in [0.05, 0.1) is 11.0 Å². The summed E-state index contributed by atoms with van der Waals surface area (Å²) in [6.07, 6.45) is 6.66. The van der Waals surface area contributed by atoms with Gasteiger partial charge < -0.3 is 0 Å². The number of carbonyl (C=O) groups is 1. The normalized spacial score (nSPS) is 11.0. The van der Waals surface area contributed by atoms with Gasteiger partial charge in [-0.15, -0.1) is 0 Å². The van der Waals surface area contributed by atoms with E-state index in [9.17, 15) is 4.79 Å². The molecule has 0 radical (unpaired) electrons. The Morgan fingerprint density at radius 1 is 0.900 bits per heavy atom. The Labute approximate surface area is 116 Å². The van der Waals surface area contributed by atoms with Crippen molar-refractivity contribution in [3.05, 3.63) is 78.1 Å². The van der Waals surface area contributed by atoms with Crippen LogP contribution in [0.15, 0.2) is 67.0 Å². The molecule has 20 heavy (non-hydrogen) atoms. The number of ketones is 1. The van der Waals surface area contributed by atoms with Gasteiger partial charge in [-0.3, -0.25) is 14.8 Å². The highest BCUT2D eigenvalue weighted by Gasteiger charge is 2.02. The largest absolute Gasteiger partial charge is 0.289 e. The molecule has 0 N–H and O–H groups in total. The van der Waals surface area contributed by atoms with E-state index in [1.54, 1.807) is 36.7 Å². The molecule has 3 rings (SSSR count). The number of hydrogen-bond acceptors (Lipinski definition) is 3. The third-order valence-corrected chi connectivity index (χ3v) is 3.00. The number of carbonyl (C=O) groups excluding carboxylic acids is 1. The lowest BCUT2D eigenvalue weighted by Gasteiger charge is -1.99. The molecule has 3 nitrogen and oxygen atoms in total. The maximum Gasteiger partial charge on any atom is 0.185 e. The summed E-state index contributed by atoms with van der Waals surface area (Å²) in [5.41, 5.74) is 3.18. The fourth-order valence-corrected chi connectivity index (χ4v) is 2.01.